The van der Waals surface area contributed by atoms with Crippen LogP contribution in [0.2, 0.25) is 0 Å². The van der Waals surface area contributed by atoms with Crippen molar-refractivity contribution in [2.45, 2.75) is 5.03 Å². The predicted molar refractivity (Wildman–Crippen MR) is 70.8 cm³/mol. The standard InChI is InChI=1S/C12H10BrNO2S/c1-17(15)12-8-10(7-11(13)14-12)16-9-5-3-2-4-6-9/h2-8H,1H3. The molecule has 2 rings (SSSR count). The second-order valence-electron chi connectivity index (χ2n) is 3.33. The molecule has 1 atom stereocenters. The van der Waals surface area contributed by atoms with Crippen molar-refractivity contribution in [2.24, 2.45) is 0 Å². The summed E-state index contributed by atoms with van der Waals surface area (Å²) in [5.74, 6) is 1.35. The van der Waals surface area contributed by atoms with Gasteiger partial charge >= 0.3 is 0 Å². The van der Waals surface area contributed by atoms with Gasteiger partial charge in [-0.05, 0) is 28.1 Å². The average molecular weight is 312 g/mol. The van der Waals surface area contributed by atoms with E-state index in [0.717, 1.165) is 5.75 Å². The summed E-state index contributed by atoms with van der Waals surface area (Å²) in [5, 5.41) is 0.491. The Balaban J connectivity index is 2.30. The van der Waals surface area contributed by atoms with Crippen LogP contribution in [0.1, 0.15) is 0 Å². The van der Waals surface area contributed by atoms with E-state index in [-0.39, 0.29) is 0 Å². The molecule has 88 valence electrons. The molecule has 0 bridgehead atoms. The highest BCUT2D eigenvalue weighted by Gasteiger charge is 2.05. The molecular weight excluding hydrogens is 302 g/mol. The quantitative estimate of drug-likeness (QED) is 0.816. The van der Waals surface area contributed by atoms with Crippen LogP contribution in [-0.4, -0.2) is 15.4 Å². The van der Waals surface area contributed by atoms with E-state index >= 15 is 0 Å². The smallest absolute Gasteiger partial charge is 0.132 e. The van der Waals surface area contributed by atoms with Crippen LogP contribution >= 0.6 is 15.9 Å². The Hall–Kier alpha value is -1.20. The van der Waals surface area contributed by atoms with Crippen molar-refractivity contribution in [3.63, 3.8) is 0 Å². The van der Waals surface area contributed by atoms with Gasteiger partial charge in [0.2, 0.25) is 0 Å². The fourth-order valence-corrected chi connectivity index (χ4v) is 2.32. The Morgan fingerprint density at radius 1 is 1.18 bits per heavy atom. The summed E-state index contributed by atoms with van der Waals surface area (Å²) >= 11 is 3.27. The monoisotopic (exact) mass is 311 g/mol. The number of benzene rings is 1. The van der Waals surface area contributed by atoms with Crippen molar-refractivity contribution < 1.29 is 8.95 Å². The Bertz CT molecular complexity index is 545. The summed E-state index contributed by atoms with van der Waals surface area (Å²) in [6, 6.07) is 12.8. The lowest BCUT2D eigenvalue weighted by Crippen LogP contribution is -1.94. The van der Waals surface area contributed by atoms with E-state index in [1.165, 1.54) is 0 Å². The molecule has 1 aromatic heterocycles. The first-order valence-electron chi connectivity index (χ1n) is 4.89. The van der Waals surface area contributed by atoms with Gasteiger partial charge in [-0.15, -0.1) is 0 Å². The van der Waals surface area contributed by atoms with Crippen molar-refractivity contribution in [3.05, 3.63) is 47.1 Å². The Kier molecular flexibility index (Phi) is 3.91. The number of hydrogen-bond donors (Lipinski definition) is 0. The highest BCUT2D eigenvalue weighted by molar-refractivity contribution is 9.10. The van der Waals surface area contributed by atoms with Crippen molar-refractivity contribution >= 4 is 26.7 Å². The number of rotatable bonds is 3. The first kappa shape index (κ1) is 12.3. The lowest BCUT2D eigenvalue weighted by atomic mass is 10.3. The van der Waals surface area contributed by atoms with Crippen molar-refractivity contribution in [1.82, 2.24) is 4.98 Å². The van der Waals surface area contributed by atoms with Gasteiger partial charge in [-0.2, -0.15) is 0 Å². The van der Waals surface area contributed by atoms with E-state index in [4.69, 9.17) is 4.74 Å². The van der Waals surface area contributed by atoms with Crippen LogP contribution in [0.3, 0.4) is 0 Å². The number of hydrogen-bond acceptors (Lipinski definition) is 3. The molecule has 0 amide bonds. The molecule has 0 fully saturated rings. The zero-order valence-corrected chi connectivity index (χ0v) is 11.5. The van der Waals surface area contributed by atoms with Gasteiger partial charge in [-0.1, -0.05) is 18.2 Å². The summed E-state index contributed by atoms with van der Waals surface area (Å²) in [4.78, 5) is 4.11. The van der Waals surface area contributed by atoms with Crippen molar-refractivity contribution in [1.29, 1.82) is 0 Å². The van der Waals surface area contributed by atoms with Gasteiger partial charge in [0.05, 0.1) is 10.8 Å². The third kappa shape index (κ3) is 3.38. The van der Waals surface area contributed by atoms with Crippen LogP contribution in [0, 0.1) is 0 Å². The van der Waals surface area contributed by atoms with Gasteiger partial charge in [0.25, 0.3) is 0 Å². The second kappa shape index (κ2) is 5.42. The number of ether oxygens (including phenoxy) is 1. The van der Waals surface area contributed by atoms with Crippen LogP contribution in [-0.2, 0) is 10.8 Å². The molecule has 0 radical (unpaired) electrons. The summed E-state index contributed by atoms with van der Waals surface area (Å²) < 4.78 is 17.6. The molecule has 1 aromatic carbocycles. The highest BCUT2D eigenvalue weighted by atomic mass is 79.9. The van der Waals surface area contributed by atoms with Crippen molar-refractivity contribution in [2.75, 3.05) is 6.26 Å². The van der Waals surface area contributed by atoms with E-state index in [1.807, 2.05) is 30.3 Å². The van der Waals surface area contributed by atoms with E-state index in [2.05, 4.69) is 20.9 Å². The van der Waals surface area contributed by atoms with Crippen LogP contribution in [0.15, 0.2) is 52.1 Å². The third-order valence-corrected chi connectivity index (χ3v) is 3.22. The van der Waals surface area contributed by atoms with Crippen LogP contribution in [0.4, 0.5) is 0 Å². The minimum atomic E-state index is -1.13. The zero-order chi connectivity index (χ0) is 12.3. The predicted octanol–water partition coefficient (Wildman–Crippen LogP) is 3.37. The largest absolute Gasteiger partial charge is 0.457 e. The molecule has 0 saturated carbocycles. The van der Waals surface area contributed by atoms with E-state index in [0.29, 0.717) is 15.4 Å². The minimum absolute atomic E-state index is 0.491. The molecule has 1 heterocycles. The normalized spacial score (nSPS) is 12.1. The molecule has 0 aliphatic rings. The first-order chi connectivity index (χ1) is 8.15. The number of pyridine rings is 1. The minimum Gasteiger partial charge on any atom is -0.457 e. The summed E-state index contributed by atoms with van der Waals surface area (Å²) in [7, 11) is -1.13. The third-order valence-electron chi connectivity index (χ3n) is 2.02. The fraction of sp³-hybridized carbons (Fsp3) is 0.0833. The molecular formula is C12H10BrNO2S. The molecule has 3 nitrogen and oxygen atoms in total. The Morgan fingerprint density at radius 3 is 2.53 bits per heavy atom. The van der Waals surface area contributed by atoms with E-state index < -0.39 is 10.8 Å². The lowest BCUT2D eigenvalue weighted by molar-refractivity contribution is 0.479. The van der Waals surface area contributed by atoms with E-state index in [1.54, 1.807) is 18.4 Å². The number of nitrogens with zero attached hydrogens (tertiary/aromatic N) is 1. The molecule has 0 N–H and O–H groups in total. The lowest BCUT2D eigenvalue weighted by Gasteiger charge is -2.06. The summed E-state index contributed by atoms with van der Waals surface area (Å²) in [6.45, 7) is 0. The van der Waals surface area contributed by atoms with Gasteiger partial charge in [0.15, 0.2) is 0 Å². The highest BCUT2D eigenvalue weighted by Crippen LogP contribution is 2.25. The fourth-order valence-electron chi connectivity index (χ4n) is 1.28. The molecule has 1 unspecified atom stereocenters. The average Bonchev–Trinajstić information content (AvgIpc) is 2.29. The van der Waals surface area contributed by atoms with Gasteiger partial charge in [-0.3, -0.25) is 4.21 Å². The topological polar surface area (TPSA) is 39.2 Å². The molecule has 0 aliphatic carbocycles. The maximum atomic E-state index is 11.4. The number of para-hydroxylation sites is 1. The zero-order valence-electron chi connectivity index (χ0n) is 9.09. The number of aromatic nitrogens is 1. The molecule has 2 aromatic rings. The molecule has 17 heavy (non-hydrogen) atoms. The van der Waals surface area contributed by atoms with Gasteiger partial charge in [0, 0.05) is 18.4 Å². The van der Waals surface area contributed by atoms with Gasteiger partial charge in [-0.25, -0.2) is 4.98 Å². The SMILES string of the molecule is CS(=O)c1cc(Oc2ccccc2)cc(Br)n1. The summed E-state index contributed by atoms with van der Waals surface area (Å²) in [5.41, 5.74) is 0. The molecule has 0 aliphatic heterocycles. The summed E-state index contributed by atoms with van der Waals surface area (Å²) in [6.07, 6.45) is 1.58. The Morgan fingerprint density at radius 2 is 1.88 bits per heavy atom. The van der Waals surface area contributed by atoms with Gasteiger partial charge < -0.3 is 4.74 Å². The Labute approximate surface area is 110 Å². The van der Waals surface area contributed by atoms with E-state index in [9.17, 15) is 4.21 Å². The van der Waals surface area contributed by atoms with Crippen LogP contribution < -0.4 is 4.74 Å². The van der Waals surface area contributed by atoms with Crippen LogP contribution in [0.5, 0.6) is 11.5 Å². The van der Waals surface area contributed by atoms with Gasteiger partial charge in [0.1, 0.15) is 21.1 Å². The first-order valence-corrected chi connectivity index (χ1v) is 7.24. The molecule has 5 heteroatoms. The molecule has 0 spiro atoms. The van der Waals surface area contributed by atoms with Crippen molar-refractivity contribution in [3.8, 4) is 11.5 Å². The maximum Gasteiger partial charge on any atom is 0.132 e. The second-order valence-corrected chi connectivity index (χ2v) is 5.47. The molecule has 0 saturated heterocycles. The maximum absolute atomic E-state index is 11.4. The van der Waals surface area contributed by atoms with Crippen LogP contribution in [0.25, 0.3) is 0 Å². The number of halogens is 1.